The molecule has 2 N–H and O–H groups in total. The van der Waals surface area contributed by atoms with E-state index in [2.05, 4.69) is 15.6 Å². The molecule has 20 heavy (non-hydrogen) atoms. The maximum absolute atomic E-state index is 11.1. The summed E-state index contributed by atoms with van der Waals surface area (Å²) >= 11 is 0. The molecule has 0 aliphatic rings. The number of nitrogens with zero attached hydrogens (tertiary/aromatic N) is 1. The van der Waals surface area contributed by atoms with Gasteiger partial charge in [-0.25, -0.2) is 8.42 Å². The fraction of sp³-hybridized carbons (Fsp3) is 0.923. The van der Waals surface area contributed by atoms with Crippen molar-refractivity contribution in [1.82, 2.24) is 10.6 Å². The van der Waals surface area contributed by atoms with Gasteiger partial charge < -0.3 is 15.4 Å². The number of hydrogen-bond donors (Lipinski definition) is 2. The topological polar surface area (TPSA) is 79.8 Å². The molecule has 0 aliphatic heterocycles. The van der Waals surface area contributed by atoms with Gasteiger partial charge in [0.2, 0.25) is 0 Å². The first-order chi connectivity index (χ1) is 9.39. The Hall–Kier alpha value is -0.820. The minimum absolute atomic E-state index is 0.0643. The summed E-state index contributed by atoms with van der Waals surface area (Å²) in [5.41, 5.74) is 0. The van der Waals surface area contributed by atoms with Crippen molar-refractivity contribution >= 4 is 15.8 Å². The van der Waals surface area contributed by atoms with Crippen molar-refractivity contribution < 1.29 is 13.2 Å². The van der Waals surface area contributed by atoms with Gasteiger partial charge in [0.25, 0.3) is 0 Å². The summed E-state index contributed by atoms with van der Waals surface area (Å²) in [5.74, 6) is 0.912. The van der Waals surface area contributed by atoms with Gasteiger partial charge >= 0.3 is 0 Å². The van der Waals surface area contributed by atoms with Gasteiger partial charge in [-0.3, -0.25) is 4.99 Å². The molecule has 0 bridgehead atoms. The highest BCUT2D eigenvalue weighted by atomic mass is 32.2. The minimum Gasteiger partial charge on any atom is -0.382 e. The van der Waals surface area contributed by atoms with Crippen LogP contribution >= 0.6 is 0 Å². The van der Waals surface area contributed by atoms with E-state index >= 15 is 0 Å². The molecular weight excluding hydrogens is 278 g/mol. The Morgan fingerprint density at radius 3 is 2.60 bits per heavy atom. The molecule has 1 unspecified atom stereocenters. The monoisotopic (exact) mass is 307 g/mol. The van der Waals surface area contributed by atoms with Gasteiger partial charge in [-0.2, -0.15) is 0 Å². The molecule has 0 saturated heterocycles. The highest BCUT2D eigenvalue weighted by Crippen LogP contribution is 1.95. The predicted octanol–water partition coefficient (Wildman–Crippen LogP) is 0.791. The average Bonchev–Trinajstić information content (AvgIpc) is 2.35. The third kappa shape index (κ3) is 12.2. The predicted molar refractivity (Wildman–Crippen MR) is 84.0 cm³/mol. The largest absolute Gasteiger partial charge is 0.382 e. The molecule has 0 aliphatic carbocycles. The molecule has 0 heterocycles. The summed E-state index contributed by atoms with van der Waals surface area (Å²) in [7, 11) is -2.91. The van der Waals surface area contributed by atoms with E-state index in [0.717, 1.165) is 25.5 Å². The Morgan fingerprint density at radius 1 is 1.35 bits per heavy atom. The van der Waals surface area contributed by atoms with Crippen LogP contribution in [-0.2, 0) is 14.6 Å². The highest BCUT2D eigenvalue weighted by molar-refractivity contribution is 7.90. The molecule has 0 fully saturated rings. The van der Waals surface area contributed by atoms with Crippen LogP contribution in [0, 0.1) is 0 Å². The van der Waals surface area contributed by atoms with E-state index in [1.165, 1.54) is 6.26 Å². The number of ether oxygens (including phenoxy) is 1. The lowest BCUT2D eigenvalue weighted by molar-refractivity contribution is 0.146. The van der Waals surface area contributed by atoms with E-state index in [0.29, 0.717) is 19.6 Å². The van der Waals surface area contributed by atoms with Crippen molar-refractivity contribution in [3.8, 4) is 0 Å². The number of hydrogen-bond acceptors (Lipinski definition) is 4. The van der Waals surface area contributed by atoms with Crippen molar-refractivity contribution in [2.45, 2.75) is 39.7 Å². The van der Waals surface area contributed by atoms with Crippen LogP contribution < -0.4 is 10.6 Å². The quantitative estimate of drug-likeness (QED) is 0.354. The van der Waals surface area contributed by atoms with Crippen LogP contribution in [0.1, 0.15) is 33.6 Å². The first-order valence-corrected chi connectivity index (χ1v) is 9.25. The van der Waals surface area contributed by atoms with Gasteiger partial charge in [-0.1, -0.05) is 0 Å². The molecule has 6 nitrogen and oxygen atoms in total. The second-order valence-electron chi connectivity index (χ2n) is 4.78. The number of nitrogens with one attached hydrogen (secondary N) is 2. The van der Waals surface area contributed by atoms with Gasteiger partial charge in [-0.15, -0.1) is 0 Å². The summed E-state index contributed by atoms with van der Waals surface area (Å²) < 4.78 is 27.5. The summed E-state index contributed by atoms with van der Waals surface area (Å²) in [6.45, 7) is 8.83. The molecule has 0 rings (SSSR count). The zero-order valence-corrected chi connectivity index (χ0v) is 13.9. The normalized spacial score (nSPS) is 14.1. The average molecular weight is 307 g/mol. The lowest BCUT2D eigenvalue weighted by Crippen LogP contribution is -2.42. The molecule has 0 aromatic heterocycles. The van der Waals surface area contributed by atoms with E-state index in [1.807, 2.05) is 20.8 Å². The SMILES string of the molecule is CCNC(=NCCCOCC)NC(C)CCS(C)(=O)=O. The van der Waals surface area contributed by atoms with Gasteiger partial charge in [0.15, 0.2) is 5.96 Å². The fourth-order valence-corrected chi connectivity index (χ4v) is 2.30. The fourth-order valence-electron chi connectivity index (χ4n) is 1.52. The number of aliphatic imine (C=N–C) groups is 1. The van der Waals surface area contributed by atoms with E-state index in [1.54, 1.807) is 0 Å². The molecule has 0 aromatic carbocycles. The summed E-state index contributed by atoms with van der Waals surface area (Å²) in [6, 6.07) is 0.0643. The molecule has 0 aromatic rings. The van der Waals surface area contributed by atoms with Crippen molar-refractivity contribution in [3.05, 3.63) is 0 Å². The van der Waals surface area contributed by atoms with Gasteiger partial charge in [0.05, 0.1) is 5.75 Å². The molecule has 1 atom stereocenters. The van der Waals surface area contributed by atoms with Crippen LogP contribution in [0.3, 0.4) is 0 Å². The lowest BCUT2D eigenvalue weighted by atomic mass is 10.3. The Morgan fingerprint density at radius 2 is 2.05 bits per heavy atom. The molecule has 0 radical (unpaired) electrons. The van der Waals surface area contributed by atoms with Crippen LogP contribution in [0.5, 0.6) is 0 Å². The lowest BCUT2D eigenvalue weighted by Gasteiger charge is -2.17. The third-order valence-electron chi connectivity index (χ3n) is 2.57. The maximum Gasteiger partial charge on any atom is 0.191 e. The molecule has 7 heteroatoms. The first kappa shape index (κ1) is 19.2. The Balaban J connectivity index is 4.13. The summed E-state index contributed by atoms with van der Waals surface area (Å²) in [5, 5.41) is 6.37. The smallest absolute Gasteiger partial charge is 0.191 e. The number of rotatable bonds is 10. The van der Waals surface area contributed by atoms with Gasteiger partial charge in [0, 0.05) is 38.6 Å². The van der Waals surface area contributed by atoms with Crippen molar-refractivity contribution in [2.24, 2.45) is 4.99 Å². The Bertz CT molecular complexity index is 369. The molecular formula is C13H29N3O3S. The van der Waals surface area contributed by atoms with Crippen LogP contribution in [0.2, 0.25) is 0 Å². The second kappa shape index (κ2) is 10.9. The standard InChI is InChI=1S/C13H29N3O3S/c1-5-14-13(15-9-7-10-19-6-2)16-12(3)8-11-20(4,17)18/h12H,5-11H2,1-4H3,(H2,14,15,16). The van der Waals surface area contributed by atoms with Crippen LogP contribution in [-0.4, -0.2) is 58.7 Å². The van der Waals surface area contributed by atoms with Crippen LogP contribution in [0.4, 0.5) is 0 Å². The van der Waals surface area contributed by atoms with E-state index in [9.17, 15) is 8.42 Å². The third-order valence-corrected chi connectivity index (χ3v) is 3.55. The molecule has 0 spiro atoms. The molecule has 120 valence electrons. The van der Waals surface area contributed by atoms with Crippen LogP contribution in [0.15, 0.2) is 4.99 Å². The minimum atomic E-state index is -2.91. The summed E-state index contributed by atoms with van der Waals surface area (Å²) in [4.78, 5) is 4.43. The van der Waals surface area contributed by atoms with E-state index in [-0.39, 0.29) is 11.8 Å². The molecule has 0 amide bonds. The molecule has 0 saturated carbocycles. The van der Waals surface area contributed by atoms with Crippen molar-refractivity contribution in [2.75, 3.05) is 38.3 Å². The van der Waals surface area contributed by atoms with Gasteiger partial charge in [0.1, 0.15) is 9.84 Å². The van der Waals surface area contributed by atoms with Crippen molar-refractivity contribution in [3.63, 3.8) is 0 Å². The number of sulfone groups is 1. The highest BCUT2D eigenvalue weighted by Gasteiger charge is 2.09. The zero-order valence-electron chi connectivity index (χ0n) is 13.1. The van der Waals surface area contributed by atoms with Gasteiger partial charge in [-0.05, 0) is 33.6 Å². The summed E-state index contributed by atoms with van der Waals surface area (Å²) in [6.07, 6.45) is 2.71. The maximum atomic E-state index is 11.1. The van der Waals surface area contributed by atoms with Crippen molar-refractivity contribution in [1.29, 1.82) is 0 Å². The first-order valence-electron chi connectivity index (χ1n) is 7.19. The van der Waals surface area contributed by atoms with E-state index < -0.39 is 9.84 Å². The second-order valence-corrected chi connectivity index (χ2v) is 7.03. The van der Waals surface area contributed by atoms with E-state index in [4.69, 9.17) is 4.74 Å². The zero-order chi connectivity index (χ0) is 15.4. The number of guanidine groups is 1. The Labute approximate surface area is 123 Å². The van der Waals surface area contributed by atoms with Crippen LogP contribution in [0.25, 0.3) is 0 Å². The Kier molecular flexibility index (Phi) is 10.5.